The molecule has 0 spiro atoms. The number of benzene rings is 1. The van der Waals surface area contributed by atoms with E-state index in [1.807, 2.05) is 37.6 Å². The van der Waals surface area contributed by atoms with E-state index in [-0.39, 0.29) is 5.91 Å². The van der Waals surface area contributed by atoms with Crippen molar-refractivity contribution in [2.45, 2.75) is 39.2 Å². The molecular formula is C19H29BrN4O. The number of halogens is 1. The number of hydrogen-bond donors (Lipinski definition) is 1. The van der Waals surface area contributed by atoms with Gasteiger partial charge in [0, 0.05) is 43.1 Å². The van der Waals surface area contributed by atoms with Crippen molar-refractivity contribution in [2.24, 2.45) is 4.99 Å². The Hall–Kier alpha value is -1.56. The van der Waals surface area contributed by atoms with Gasteiger partial charge in [0.2, 0.25) is 5.91 Å². The lowest BCUT2D eigenvalue weighted by molar-refractivity contribution is -0.131. The van der Waals surface area contributed by atoms with Gasteiger partial charge in [-0.2, -0.15) is 0 Å². The van der Waals surface area contributed by atoms with Crippen LogP contribution in [0.15, 0.2) is 33.7 Å². The minimum Gasteiger partial charge on any atom is -0.353 e. The fourth-order valence-electron chi connectivity index (χ4n) is 2.98. The summed E-state index contributed by atoms with van der Waals surface area (Å²) in [6.45, 7) is 8.56. The summed E-state index contributed by atoms with van der Waals surface area (Å²) >= 11 is 3.48. The molecule has 1 fully saturated rings. The molecule has 2 rings (SSSR count). The topological polar surface area (TPSA) is 47.9 Å². The van der Waals surface area contributed by atoms with Crippen molar-refractivity contribution in [3.63, 3.8) is 0 Å². The van der Waals surface area contributed by atoms with Crippen LogP contribution in [0.2, 0.25) is 0 Å². The Morgan fingerprint density at radius 3 is 2.44 bits per heavy atom. The maximum Gasteiger partial charge on any atom is 0.242 e. The van der Waals surface area contributed by atoms with Crippen molar-refractivity contribution >= 4 is 27.8 Å². The van der Waals surface area contributed by atoms with Crippen molar-refractivity contribution in [3.05, 3.63) is 34.3 Å². The summed E-state index contributed by atoms with van der Waals surface area (Å²) < 4.78 is 1.10. The average Bonchev–Trinajstić information content (AvgIpc) is 3.35. The van der Waals surface area contributed by atoms with Gasteiger partial charge in [-0.3, -0.25) is 9.79 Å². The number of nitrogens with one attached hydrogen (secondary N) is 1. The van der Waals surface area contributed by atoms with Gasteiger partial charge < -0.3 is 15.1 Å². The fourth-order valence-corrected chi connectivity index (χ4v) is 3.24. The molecule has 1 aliphatic rings. The number of hydrogen-bond acceptors (Lipinski definition) is 2. The SMILES string of the molecule is CCN=C(NC1CC1c1ccc(Br)cc1)N(C)CC(=O)N(CC)CC. The molecule has 25 heavy (non-hydrogen) atoms. The Bertz CT molecular complexity index is 598. The number of nitrogens with zero attached hydrogens (tertiary/aromatic N) is 3. The van der Waals surface area contributed by atoms with E-state index in [2.05, 4.69) is 50.5 Å². The Balaban J connectivity index is 1.94. The highest BCUT2D eigenvalue weighted by Gasteiger charge is 2.39. The summed E-state index contributed by atoms with van der Waals surface area (Å²) in [6, 6.07) is 8.89. The molecule has 1 N–H and O–H groups in total. The zero-order valence-corrected chi connectivity index (χ0v) is 17.2. The quantitative estimate of drug-likeness (QED) is 0.556. The van der Waals surface area contributed by atoms with Crippen molar-refractivity contribution < 1.29 is 4.79 Å². The summed E-state index contributed by atoms with van der Waals surface area (Å²) in [7, 11) is 1.93. The van der Waals surface area contributed by atoms with E-state index in [9.17, 15) is 4.79 Å². The minimum atomic E-state index is 0.137. The van der Waals surface area contributed by atoms with Gasteiger partial charge in [0.05, 0.1) is 6.54 Å². The summed E-state index contributed by atoms with van der Waals surface area (Å²) in [4.78, 5) is 20.7. The van der Waals surface area contributed by atoms with Gasteiger partial charge in [0.1, 0.15) is 0 Å². The molecule has 2 unspecified atom stereocenters. The smallest absolute Gasteiger partial charge is 0.242 e. The highest BCUT2D eigenvalue weighted by Crippen LogP contribution is 2.41. The number of likely N-dealkylation sites (N-methyl/N-ethyl adjacent to an activating group) is 2. The van der Waals surface area contributed by atoms with Crippen LogP contribution < -0.4 is 5.32 Å². The van der Waals surface area contributed by atoms with Gasteiger partial charge >= 0.3 is 0 Å². The van der Waals surface area contributed by atoms with Crippen LogP contribution in [0, 0.1) is 0 Å². The van der Waals surface area contributed by atoms with Gasteiger partial charge in [0.25, 0.3) is 0 Å². The molecule has 6 heteroatoms. The predicted octanol–water partition coefficient (Wildman–Crippen LogP) is 3.07. The van der Waals surface area contributed by atoms with E-state index in [1.54, 1.807) is 0 Å². The van der Waals surface area contributed by atoms with Crippen molar-refractivity contribution in [2.75, 3.05) is 33.2 Å². The first-order valence-corrected chi connectivity index (χ1v) is 9.84. The van der Waals surface area contributed by atoms with Crippen LogP contribution in [-0.4, -0.2) is 60.9 Å². The van der Waals surface area contributed by atoms with E-state index < -0.39 is 0 Å². The third kappa shape index (κ3) is 5.46. The third-order valence-electron chi connectivity index (χ3n) is 4.56. The predicted molar refractivity (Wildman–Crippen MR) is 107 cm³/mol. The normalized spacial score (nSPS) is 19.5. The molecule has 1 aromatic carbocycles. The summed E-state index contributed by atoms with van der Waals surface area (Å²) in [5.74, 6) is 1.47. The highest BCUT2D eigenvalue weighted by atomic mass is 79.9. The van der Waals surface area contributed by atoms with Crippen molar-refractivity contribution in [1.82, 2.24) is 15.1 Å². The van der Waals surface area contributed by atoms with E-state index in [4.69, 9.17) is 0 Å². The monoisotopic (exact) mass is 408 g/mol. The first-order chi connectivity index (χ1) is 12.0. The molecule has 5 nitrogen and oxygen atoms in total. The zero-order chi connectivity index (χ0) is 18.4. The first-order valence-electron chi connectivity index (χ1n) is 9.05. The second-order valence-corrected chi connectivity index (χ2v) is 7.28. The Morgan fingerprint density at radius 2 is 1.88 bits per heavy atom. The highest BCUT2D eigenvalue weighted by molar-refractivity contribution is 9.10. The van der Waals surface area contributed by atoms with E-state index in [0.29, 0.717) is 25.0 Å². The number of rotatable bonds is 7. The van der Waals surface area contributed by atoms with Crippen LogP contribution >= 0.6 is 15.9 Å². The number of amides is 1. The number of carbonyl (C=O) groups excluding carboxylic acids is 1. The standard InChI is InChI=1S/C19H29BrN4O/c1-5-21-19(23(4)13-18(25)24(6-2)7-3)22-17-12-16(17)14-8-10-15(20)11-9-14/h8-11,16-17H,5-7,12-13H2,1-4H3,(H,21,22). The maximum atomic E-state index is 12.3. The summed E-state index contributed by atoms with van der Waals surface area (Å²) in [5, 5.41) is 3.53. The Morgan fingerprint density at radius 1 is 1.24 bits per heavy atom. The molecule has 1 aromatic rings. The first kappa shape index (κ1) is 19.8. The molecule has 0 bridgehead atoms. The maximum absolute atomic E-state index is 12.3. The van der Waals surface area contributed by atoms with E-state index >= 15 is 0 Å². The molecule has 1 saturated carbocycles. The van der Waals surface area contributed by atoms with E-state index in [1.165, 1.54) is 5.56 Å². The zero-order valence-electron chi connectivity index (χ0n) is 15.6. The molecule has 1 aliphatic carbocycles. The van der Waals surface area contributed by atoms with Crippen molar-refractivity contribution in [1.29, 1.82) is 0 Å². The fraction of sp³-hybridized carbons (Fsp3) is 0.579. The summed E-state index contributed by atoms with van der Waals surface area (Å²) in [6.07, 6.45) is 1.10. The number of carbonyl (C=O) groups is 1. The van der Waals surface area contributed by atoms with Gasteiger partial charge in [-0.05, 0) is 44.9 Å². The van der Waals surface area contributed by atoms with Crippen LogP contribution in [0.5, 0.6) is 0 Å². The van der Waals surface area contributed by atoms with Crippen LogP contribution in [0.1, 0.15) is 38.7 Å². The van der Waals surface area contributed by atoms with Crippen LogP contribution in [-0.2, 0) is 4.79 Å². The average molecular weight is 409 g/mol. The van der Waals surface area contributed by atoms with Crippen LogP contribution in [0.3, 0.4) is 0 Å². The Kier molecular flexibility index (Phi) is 7.29. The lowest BCUT2D eigenvalue weighted by Gasteiger charge is -2.26. The molecule has 0 heterocycles. The minimum absolute atomic E-state index is 0.137. The Labute approximate surface area is 159 Å². The second kappa shape index (κ2) is 9.22. The molecule has 0 radical (unpaired) electrons. The number of aliphatic imine (C=N–C) groups is 1. The molecule has 0 aliphatic heterocycles. The number of guanidine groups is 1. The molecule has 0 saturated heterocycles. The molecule has 2 atom stereocenters. The van der Waals surface area contributed by atoms with Gasteiger partial charge in [-0.25, -0.2) is 0 Å². The molecule has 138 valence electrons. The molecule has 1 amide bonds. The molecular weight excluding hydrogens is 380 g/mol. The van der Waals surface area contributed by atoms with Crippen molar-refractivity contribution in [3.8, 4) is 0 Å². The van der Waals surface area contributed by atoms with E-state index in [0.717, 1.165) is 29.9 Å². The van der Waals surface area contributed by atoms with Crippen LogP contribution in [0.4, 0.5) is 0 Å². The van der Waals surface area contributed by atoms with Gasteiger partial charge in [-0.15, -0.1) is 0 Å². The van der Waals surface area contributed by atoms with Crippen LogP contribution in [0.25, 0.3) is 0 Å². The lowest BCUT2D eigenvalue weighted by Crippen LogP contribution is -2.46. The molecule has 0 aromatic heterocycles. The van der Waals surface area contributed by atoms with Gasteiger partial charge in [-0.1, -0.05) is 28.1 Å². The summed E-state index contributed by atoms with van der Waals surface area (Å²) in [5.41, 5.74) is 1.35. The lowest BCUT2D eigenvalue weighted by atomic mass is 10.1. The van der Waals surface area contributed by atoms with Gasteiger partial charge in [0.15, 0.2) is 5.96 Å². The largest absolute Gasteiger partial charge is 0.353 e. The third-order valence-corrected chi connectivity index (χ3v) is 5.09. The second-order valence-electron chi connectivity index (χ2n) is 6.36.